The highest BCUT2D eigenvalue weighted by Gasteiger charge is 2.17. The zero-order valence-electron chi connectivity index (χ0n) is 22.1. The van der Waals surface area contributed by atoms with E-state index in [1.54, 1.807) is 54.5 Å². The molecule has 5 aromatic rings. The molecule has 0 bridgehead atoms. The summed E-state index contributed by atoms with van der Waals surface area (Å²) < 4.78 is 16.6. The molecule has 0 saturated heterocycles. The number of aromatic nitrogens is 3. The van der Waals surface area contributed by atoms with Crippen molar-refractivity contribution in [2.75, 3.05) is 17.7 Å². The fourth-order valence-corrected chi connectivity index (χ4v) is 3.47. The van der Waals surface area contributed by atoms with Crippen molar-refractivity contribution in [3.8, 4) is 11.4 Å². The summed E-state index contributed by atoms with van der Waals surface area (Å²) >= 11 is 0. The van der Waals surface area contributed by atoms with Gasteiger partial charge in [-0.2, -0.15) is 5.10 Å². The number of anilines is 2. The molecule has 42 heavy (non-hydrogen) atoms. The molecular weight excluding hydrogens is 550 g/mol. The van der Waals surface area contributed by atoms with E-state index in [-0.39, 0.29) is 23.0 Å². The van der Waals surface area contributed by atoms with E-state index in [1.165, 1.54) is 18.5 Å². The Hall–Kier alpha value is -6.18. The van der Waals surface area contributed by atoms with Crippen LogP contribution in [0.25, 0.3) is 5.69 Å². The van der Waals surface area contributed by atoms with Crippen LogP contribution >= 0.6 is 0 Å². The lowest BCUT2D eigenvalue weighted by Gasteiger charge is -2.08. The number of benzene rings is 2. The van der Waals surface area contributed by atoms with E-state index in [0.29, 0.717) is 17.1 Å². The smallest absolute Gasteiger partial charge is 0.371 e. The van der Waals surface area contributed by atoms with Crippen molar-refractivity contribution in [2.24, 2.45) is 0 Å². The number of aromatic carboxylic acids is 2. The third-order valence-electron chi connectivity index (χ3n) is 5.57. The fraction of sp³-hybridized carbons (Fsp3) is 0.0714. The van der Waals surface area contributed by atoms with E-state index >= 15 is 0 Å². The lowest BCUT2D eigenvalue weighted by molar-refractivity contribution is 0.0631. The van der Waals surface area contributed by atoms with Crippen LogP contribution in [0, 0.1) is 6.92 Å². The van der Waals surface area contributed by atoms with E-state index in [4.69, 9.17) is 19.4 Å². The molecule has 2 amide bonds. The monoisotopic (exact) mass is 573 g/mol. The number of nitrogens with zero attached hydrogens (tertiary/aromatic N) is 3. The summed E-state index contributed by atoms with van der Waals surface area (Å²) in [5.41, 5.74) is 2.85. The molecule has 0 aliphatic carbocycles. The number of methoxy groups -OCH3 is 1. The summed E-state index contributed by atoms with van der Waals surface area (Å²) in [6.07, 6.45) is 3.02. The zero-order chi connectivity index (χ0) is 30.2. The van der Waals surface area contributed by atoms with Gasteiger partial charge in [0.15, 0.2) is 11.5 Å². The first-order valence-corrected chi connectivity index (χ1v) is 12.0. The van der Waals surface area contributed by atoms with Gasteiger partial charge in [0.25, 0.3) is 11.8 Å². The normalized spacial score (nSPS) is 10.2. The zero-order valence-corrected chi connectivity index (χ0v) is 22.1. The summed E-state index contributed by atoms with van der Waals surface area (Å²) in [6.45, 7) is 1.85. The summed E-state index contributed by atoms with van der Waals surface area (Å²) in [5.74, 6) is -3.47. The molecule has 4 N–H and O–H groups in total. The van der Waals surface area contributed by atoms with Gasteiger partial charge >= 0.3 is 11.9 Å². The Bertz CT molecular complexity index is 1690. The molecule has 3 heterocycles. The average molecular weight is 574 g/mol. The van der Waals surface area contributed by atoms with E-state index in [1.807, 2.05) is 13.0 Å². The number of carboxylic acids is 2. The van der Waals surface area contributed by atoms with Crippen LogP contribution in [0.1, 0.15) is 47.8 Å². The Morgan fingerprint density at radius 3 is 1.86 bits per heavy atom. The number of aryl methyl sites for hydroxylation is 1. The minimum atomic E-state index is -1.28. The third-order valence-corrected chi connectivity index (χ3v) is 5.57. The van der Waals surface area contributed by atoms with Gasteiger partial charge in [-0.15, -0.1) is 0 Å². The number of hydrogen-bond donors (Lipinski definition) is 4. The van der Waals surface area contributed by atoms with E-state index in [9.17, 15) is 19.2 Å². The topological polar surface area (TPSA) is 199 Å². The molecule has 0 aliphatic rings. The van der Waals surface area contributed by atoms with Crippen molar-refractivity contribution >= 4 is 35.1 Å². The van der Waals surface area contributed by atoms with Crippen LogP contribution in [0.2, 0.25) is 0 Å². The maximum Gasteiger partial charge on any atom is 0.371 e. The van der Waals surface area contributed by atoms with Crippen molar-refractivity contribution < 1.29 is 43.0 Å². The second-order valence-corrected chi connectivity index (χ2v) is 8.41. The highest BCUT2D eigenvalue weighted by molar-refractivity contribution is 6.06. The highest BCUT2D eigenvalue weighted by atomic mass is 16.5. The molecule has 0 atom stereocenters. The van der Waals surface area contributed by atoms with Crippen LogP contribution in [-0.4, -0.2) is 55.8 Å². The molecule has 0 radical (unpaired) electrons. The van der Waals surface area contributed by atoms with Crippen LogP contribution in [0.4, 0.5) is 11.4 Å². The van der Waals surface area contributed by atoms with Gasteiger partial charge in [0.05, 0.1) is 12.8 Å². The number of rotatable bonds is 8. The lowest BCUT2D eigenvalue weighted by Crippen LogP contribution is -2.13. The maximum atomic E-state index is 12.5. The van der Waals surface area contributed by atoms with Gasteiger partial charge < -0.3 is 34.4 Å². The van der Waals surface area contributed by atoms with Crippen LogP contribution < -0.4 is 15.4 Å². The number of nitrogens with one attached hydrogen (secondary N) is 2. The molecule has 0 fully saturated rings. The van der Waals surface area contributed by atoms with Crippen LogP contribution in [0.15, 0.2) is 88.2 Å². The molecular formula is C28H23N5O9. The number of hydrogen-bond acceptors (Lipinski definition) is 9. The van der Waals surface area contributed by atoms with Crippen molar-refractivity contribution in [2.45, 2.75) is 6.92 Å². The molecule has 5 rings (SSSR count). The Morgan fingerprint density at radius 1 is 0.786 bits per heavy atom. The van der Waals surface area contributed by atoms with Crippen molar-refractivity contribution in [1.82, 2.24) is 14.8 Å². The Kier molecular flexibility index (Phi) is 8.77. The summed E-state index contributed by atoms with van der Waals surface area (Å²) in [7, 11) is 1.58. The molecule has 3 aromatic heterocycles. The lowest BCUT2D eigenvalue weighted by atomic mass is 10.2. The molecule has 0 saturated carbocycles. The van der Waals surface area contributed by atoms with Crippen molar-refractivity contribution in [3.05, 3.63) is 108 Å². The summed E-state index contributed by atoms with van der Waals surface area (Å²) in [5, 5.41) is 26.1. The van der Waals surface area contributed by atoms with Gasteiger partial charge in [0.1, 0.15) is 18.4 Å². The van der Waals surface area contributed by atoms with Crippen molar-refractivity contribution in [3.63, 3.8) is 0 Å². The number of carboxylic acid groups (broad SMARTS) is 2. The maximum absolute atomic E-state index is 12.5. The highest BCUT2D eigenvalue weighted by Crippen LogP contribution is 2.22. The minimum absolute atomic E-state index is 0.0250. The number of amides is 2. The Balaban J connectivity index is 0.000000310. The second-order valence-electron chi connectivity index (χ2n) is 8.41. The molecule has 14 heteroatoms. The molecule has 0 aliphatic heterocycles. The summed E-state index contributed by atoms with van der Waals surface area (Å²) in [4.78, 5) is 49.1. The number of ether oxygens (including phenoxy) is 1. The minimum Gasteiger partial charge on any atom is -0.497 e. The number of furan rings is 2. The van der Waals surface area contributed by atoms with Gasteiger partial charge in [-0.1, -0.05) is 0 Å². The Labute approximate surface area is 237 Å². The molecule has 0 unspecified atom stereocenters. The number of carbonyl (C=O) groups excluding carboxylic acids is 2. The van der Waals surface area contributed by atoms with Gasteiger partial charge in [-0.25, -0.2) is 19.3 Å². The molecule has 0 spiro atoms. The SMILES string of the molecule is COc1ccc(NC(=O)c2ccc(C(=O)Nc3ccc(-n4cncn4)cc3)o2)c(C)c1.O=C(O)c1ccc(C(=O)O)o1. The number of carbonyl (C=O) groups is 4. The van der Waals surface area contributed by atoms with Crippen molar-refractivity contribution in [1.29, 1.82) is 0 Å². The first kappa shape index (κ1) is 28.8. The predicted molar refractivity (Wildman–Crippen MR) is 146 cm³/mol. The van der Waals surface area contributed by atoms with Crippen LogP contribution in [0.3, 0.4) is 0 Å². The second kappa shape index (κ2) is 12.8. The largest absolute Gasteiger partial charge is 0.497 e. The third kappa shape index (κ3) is 7.06. The van der Waals surface area contributed by atoms with Gasteiger partial charge in [-0.3, -0.25) is 9.59 Å². The molecule has 2 aromatic carbocycles. The van der Waals surface area contributed by atoms with Crippen LogP contribution in [0.5, 0.6) is 5.75 Å². The van der Waals surface area contributed by atoms with Gasteiger partial charge in [0.2, 0.25) is 11.5 Å². The fourth-order valence-electron chi connectivity index (χ4n) is 3.47. The summed E-state index contributed by atoms with van der Waals surface area (Å²) in [6, 6.07) is 17.4. The van der Waals surface area contributed by atoms with E-state index in [2.05, 4.69) is 25.1 Å². The molecule has 14 nitrogen and oxygen atoms in total. The predicted octanol–water partition coefficient (Wildman–Crippen LogP) is 4.36. The average Bonchev–Trinajstić information content (AvgIpc) is 3.77. The quantitative estimate of drug-likeness (QED) is 0.206. The molecule has 214 valence electrons. The Morgan fingerprint density at radius 2 is 1.36 bits per heavy atom. The van der Waals surface area contributed by atoms with Gasteiger partial charge in [0, 0.05) is 11.4 Å². The van der Waals surface area contributed by atoms with E-state index in [0.717, 1.165) is 23.4 Å². The van der Waals surface area contributed by atoms with Crippen LogP contribution in [-0.2, 0) is 0 Å². The van der Waals surface area contributed by atoms with Gasteiger partial charge in [-0.05, 0) is 79.2 Å². The first-order valence-electron chi connectivity index (χ1n) is 12.0. The standard InChI is InChI=1S/C22H19N5O4.C6H4O5/c1-14-11-17(30-2)7-8-18(14)26-22(29)20-10-9-19(31-20)21(28)25-15-3-5-16(6-4-15)27-13-23-12-24-27;7-5(8)3-1-2-4(11-3)6(9)10/h3-13H,1-2H3,(H,25,28)(H,26,29);1-2H,(H,7,8)(H,9,10). The van der Waals surface area contributed by atoms with E-state index < -0.39 is 23.8 Å². The first-order chi connectivity index (χ1) is 20.1.